The maximum atomic E-state index is 12.6. The minimum Gasteiger partial charge on any atom is -0.321 e. The molecule has 1 aromatic carbocycles. The fourth-order valence-corrected chi connectivity index (χ4v) is 0.984. The Morgan fingerprint density at radius 2 is 2.33 bits per heavy atom. The second-order valence-electron chi connectivity index (χ2n) is 2.63. The molecule has 1 atom stereocenters. The van der Waals surface area contributed by atoms with Gasteiger partial charge in [-0.25, -0.2) is 4.39 Å². The Hall–Kier alpha value is -1.22. The van der Waals surface area contributed by atoms with Crippen molar-refractivity contribution in [3.63, 3.8) is 0 Å². The Kier molecular flexibility index (Phi) is 2.94. The highest BCUT2D eigenvalue weighted by atomic mass is 19.1. The van der Waals surface area contributed by atoms with E-state index >= 15 is 0 Å². The van der Waals surface area contributed by atoms with Gasteiger partial charge in [0.05, 0.1) is 6.04 Å². The number of rotatable bonds is 3. The zero-order chi connectivity index (χ0) is 8.97. The number of carbonyl (C=O) groups excluding carboxylic acids is 1. The zero-order valence-corrected chi connectivity index (χ0v) is 6.53. The number of benzene rings is 1. The Balaban J connectivity index is 2.69. The second-order valence-corrected chi connectivity index (χ2v) is 2.63. The Bertz CT molecular complexity index is 275. The molecule has 0 aliphatic carbocycles. The van der Waals surface area contributed by atoms with Crippen molar-refractivity contribution in [1.82, 2.24) is 0 Å². The molecular weight excluding hydrogens is 157 g/mol. The van der Waals surface area contributed by atoms with E-state index in [9.17, 15) is 9.18 Å². The summed E-state index contributed by atoms with van der Waals surface area (Å²) in [6.45, 7) is 0. The SMILES string of the molecule is N[C@@H](C=O)Cc1cccc(F)c1. The minimum atomic E-state index is -0.535. The predicted octanol–water partition coefficient (Wildman–Crippen LogP) is 0.894. The highest BCUT2D eigenvalue weighted by Crippen LogP contribution is 2.04. The number of hydrogen-bond donors (Lipinski definition) is 1. The summed E-state index contributed by atoms with van der Waals surface area (Å²) in [5.41, 5.74) is 6.11. The molecule has 0 fully saturated rings. The van der Waals surface area contributed by atoms with Gasteiger partial charge in [-0.2, -0.15) is 0 Å². The maximum absolute atomic E-state index is 12.6. The summed E-state index contributed by atoms with van der Waals surface area (Å²) in [6.07, 6.45) is 1.05. The van der Waals surface area contributed by atoms with Gasteiger partial charge >= 0.3 is 0 Å². The molecule has 0 amide bonds. The molecule has 0 spiro atoms. The number of aldehydes is 1. The van der Waals surface area contributed by atoms with Crippen LogP contribution in [0, 0.1) is 5.82 Å². The van der Waals surface area contributed by atoms with Crippen molar-refractivity contribution in [2.45, 2.75) is 12.5 Å². The fourth-order valence-electron chi connectivity index (χ4n) is 0.984. The van der Waals surface area contributed by atoms with Gasteiger partial charge in [0, 0.05) is 0 Å². The van der Waals surface area contributed by atoms with Crippen LogP contribution >= 0.6 is 0 Å². The molecule has 0 saturated carbocycles. The van der Waals surface area contributed by atoms with Gasteiger partial charge in [-0.3, -0.25) is 0 Å². The number of hydrogen-bond acceptors (Lipinski definition) is 2. The molecule has 2 nitrogen and oxygen atoms in total. The summed E-state index contributed by atoms with van der Waals surface area (Å²) in [5.74, 6) is -0.300. The van der Waals surface area contributed by atoms with E-state index in [1.165, 1.54) is 12.1 Å². The van der Waals surface area contributed by atoms with E-state index in [2.05, 4.69) is 0 Å². The lowest BCUT2D eigenvalue weighted by Gasteiger charge is -2.02. The first-order chi connectivity index (χ1) is 5.72. The van der Waals surface area contributed by atoms with Crippen LogP contribution in [-0.4, -0.2) is 12.3 Å². The van der Waals surface area contributed by atoms with E-state index in [4.69, 9.17) is 5.73 Å². The summed E-state index contributed by atoms with van der Waals surface area (Å²) in [7, 11) is 0. The smallest absolute Gasteiger partial charge is 0.137 e. The summed E-state index contributed by atoms with van der Waals surface area (Å²) in [6, 6.07) is 5.54. The summed E-state index contributed by atoms with van der Waals surface area (Å²) < 4.78 is 12.6. The monoisotopic (exact) mass is 167 g/mol. The van der Waals surface area contributed by atoms with Crippen LogP contribution in [0.5, 0.6) is 0 Å². The first kappa shape index (κ1) is 8.87. The minimum absolute atomic E-state index is 0.300. The van der Waals surface area contributed by atoms with Gasteiger partial charge < -0.3 is 10.5 Å². The predicted molar refractivity (Wildman–Crippen MR) is 44.1 cm³/mol. The van der Waals surface area contributed by atoms with Crippen LogP contribution in [0.4, 0.5) is 4.39 Å². The number of carbonyl (C=O) groups is 1. The number of nitrogens with two attached hydrogens (primary N) is 1. The summed E-state index contributed by atoms with van der Waals surface area (Å²) in [4.78, 5) is 10.2. The van der Waals surface area contributed by atoms with Crippen molar-refractivity contribution in [2.24, 2.45) is 5.73 Å². The van der Waals surface area contributed by atoms with Crippen LogP contribution in [0.3, 0.4) is 0 Å². The highest BCUT2D eigenvalue weighted by molar-refractivity contribution is 5.57. The molecule has 1 rings (SSSR count). The molecule has 12 heavy (non-hydrogen) atoms. The third-order valence-electron chi connectivity index (χ3n) is 1.54. The molecule has 0 aromatic heterocycles. The van der Waals surface area contributed by atoms with Gasteiger partial charge in [-0.15, -0.1) is 0 Å². The van der Waals surface area contributed by atoms with Crippen LogP contribution < -0.4 is 5.73 Å². The molecule has 0 saturated heterocycles. The molecule has 0 radical (unpaired) electrons. The Morgan fingerprint density at radius 1 is 1.58 bits per heavy atom. The largest absolute Gasteiger partial charge is 0.321 e. The van der Waals surface area contributed by atoms with Gasteiger partial charge in [-0.05, 0) is 24.1 Å². The topological polar surface area (TPSA) is 43.1 Å². The molecule has 0 unspecified atom stereocenters. The molecule has 2 N–H and O–H groups in total. The van der Waals surface area contributed by atoms with Gasteiger partial charge in [0.2, 0.25) is 0 Å². The van der Waals surface area contributed by atoms with E-state index in [-0.39, 0.29) is 5.82 Å². The average molecular weight is 167 g/mol. The van der Waals surface area contributed by atoms with Crippen LogP contribution in [0.15, 0.2) is 24.3 Å². The summed E-state index contributed by atoms with van der Waals surface area (Å²) in [5, 5.41) is 0. The van der Waals surface area contributed by atoms with Gasteiger partial charge in [0.25, 0.3) is 0 Å². The first-order valence-corrected chi connectivity index (χ1v) is 3.67. The lowest BCUT2D eigenvalue weighted by atomic mass is 10.1. The average Bonchev–Trinajstić information content (AvgIpc) is 2.04. The van der Waals surface area contributed by atoms with Crippen molar-refractivity contribution in [2.75, 3.05) is 0 Å². The van der Waals surface area contributed by atoms with Crippen LogP contribution in [0.1, 0.15) is 5.56 Å². The lowest BCUT2D eigenvalue weighted by molar-refractivity contribution is -0.108. The highest BCUT2D eigenvalue weighted by Gasteiger charge is 2.01. The van der Waals surface area contributed by atoms with Crippen molar-refractivity contribution in [3.8, 4) is 0 Å². The van der Waals surface area contributed by atoms with Gasteiger partial charge in [0.1, 0.15) is 12.1 Å². The molecule has 64 valence electrons. The molecule has 3 heteroatoms. The van der Waals surface area contributed by atoms with Gasteiger partial charge in [0.15, 0.2) is 0 Å². The molecule has 1 aromatic rings. The maximum Gasteiger partial charge on any atom is 0.137 e. The quantitative estimate of drug-likeness (QED) is 0.679. The first-order valence-electron chi connectivity index (χ1n) is 3.67. The van der Waals surface area contributed by atoms with Gasteiger partial charge in [-0.1, -0.05) is 12.1 Å². The van der Waals surface area contributed by atoms with E-state index < -0.39 is 6.04 Å². The Morgan fingerprint density at radius 3 is 2.92 bits per heavy atom. The van der Waals surface area contributed by atoms with Crippen molar-refractivity contribution < 1.29 is 9.18 Å². The normalized spacial score (nSPS) is 12.5. The van der Waals surface area contributed by atoms with E-state index in [1.54, 1.807) is 12.1 Å². The third-order valence-corrected chi connectivity index (χ3v) is 1.54. The number of halogens is 1. The Labute approximate surface area is 70.2 Å². The molecule has 0 heterocycles. The van der Waals surface area contributed by atoms with E-state index in [1.807, 2.05) is 0 Å². The molecule has 0 bridgehead atoms. The van der Waals surface area contributed by atoms with Crippen LogP contribution in [-0.2, 0) is 11.2 Å². The molecular formula is C9H10FNO. The van der Waals surface area contributed by atoms with Crippen molar-refractivity contribution in [3.05, 3.63) is 35.6 Å². The standard InChI is InChI=1S/C9H10FNO/c10-8-3-1-2-7(4-8)5-9(11)6-12/h1-4,6,9H,5,11H2/t9-/m1/s1. The zero-order valence-electron chi connectivity index (χ0n) is 6.53. The third kappa shape index (κ3) is 2.43. The van der Waals surface area contributed by atoms with Crippen molar-refractivity contribution in [1.29, 1.82) is 0 Å². The van der Waals surface area contributed by atoms with Crippen LogP contribution in [0.2, 0.25) is 0 Å². The second kappa shape index (κ2) is 3.97. The van der Waals surface area contributed by atoms with Crippen molar-refractivity contribution >= 4 is 6.29 Å². The fraction of sp³-hybridized carbons (Fsp3) is 0.222. The summed E-state index contributed by atoms with van der Waals surface area (Å²) >= 11 is 0. The lowest BCUT2D eigenvalue weighted by Crippen LogP contribution is -2.24. The molecule has 0 aliphatic rings. The molecule has 0 aliphatic heterocycles. The van der Waals surface area contributed by atoms with E-state index in [0.717, 1.165) is 5.56 Å². The van der Waals surface area contributed by atoms with E-state index in [0.29, 0.717) is 12.7 Å². The van der Waals surface area contributed by atoms with Crippen LogP contribution in [0.25, 0.3) is 0 Å².